The molecular weight excluding hydrogens is 352 g/mol. The average molecular weight is 377 g/mol. The van der Waals surface area contributed by atoms with Gasteiger partial charge in [-0.1, -0.05) is 35.8 Å². The minimum absolute atomic E-state index is 0.00637. The summed E-state index contributed by atoms with van der Waals surface area (Å²) in [6.45, 7) is 7.21. The second-order valence-corrected chi connectivity index (χ2v) is 7.04. The molecule has 0 aliphatic carbocycles. The summed E-state index contributed by atoms with van der Waals surface area (Å²) < 4.78 is 5.43. The van der Waals surface area contributed by atoms with E-state index in [1.807, 2.05) is 17.0 Å². The van der Waals surface area contributed by atoms with Crippen molar-refractivity contribution in [3.63, 3.8) is 0 Å². The van der Waals surface area contributed by atoms with Crippen molar-refractivity contribution < 1.29 is 9.32 Å². The van der Waals surface area contributed by atoms with E-state index < -0.39 is 0 Å². The molecule has 6 nitrogen and oxygen atoms in total. The number of carbonyl (C=O) groups is 1. The van der Waals surface area contributed by atoms with Gasteiger partial charge in [0.2, 0.25) is 5.89 Å². The Morgan fingerprint density at radius 3 is 2.85 bits per heavy atom. The Labute approximate surface area is 159 Å². The molecule has 1 saturated heterocycles. The Kier molecular flexibility index (Phi) is 6.27. The predicted molar refractivity (Wildman–Crippen MR) is 100 cm³/mol. The topological polar surface area (TPSA) is 62.5 Å². The van der Waals surface area contributed by atoms with Crippen molar-refractivity contribution in [3.05, 3.63) is 46.6 Å². The molecule has 0 N–H and O–H groups in total. The summed E-state index contributed by atoms with van der Waals surface area (Å²) >= 11 is 6.18. The van der Waals surface area contributed by atoms with Crippen LogP contribution in [0.3, 0.4) is 0 Å². The van der Waals surface area contributed by atoms with E-state index in [1.165, 1.54) is 0 Å². The van der Waals surface area contributed by atoms with Gasteiger partial charge in [-0.15, -0.1) is 0 Å². The van der Waals surface area contributed by atoms with Gasteiger partial charge >= 0.3 is 0 Å². The van der Waals surface area contributed by atoms with Crippen molar-refractivity contribution in [2.45, 2.75) is 39.2 Å². The van der Waals surface area contributed by atoms with Gasteiger partial charge in [-0.2, -0.15) is 4.98 Å². The highest BCUT2D eigenvalue weighted by atomic mass is 35.5. The summed E-state index contributed by atoms with van der Waals surface area (Å²) in [6.07, 6.45) is 2.73. The zero-order valence-corrected chi connectivity index (χ0v) is 16.1. The van der Waals surface area contributed by atoms with Crippen LogP contribution in [-0.4, -0.2) is 52.0 Å². The van der Waals surface area contributed by atoms with Gasteiger partial charge in [-0.25, -0.2) is 0 Å². The molecule has 1 atom stereocenters. The van der Waals surface area contributed by atoms with Gasteiger partial charge < -0.3 is 9.42 Å². The van der Waals surface area contributed by atoms with Gasteiger partial charge in [-0.05, 0) is 31.9 Å². The third-order valence-corrected chi connectivity index (χ3v) is 5.11. The average Bonchev–Trinajstić information content (AvgIpc) is 2.97. The number of aromatic nitrogens is 2. The summed E-state index contributed by atoms with van der Waals surface area (Å²) in [6, 6.07) is 7.26. The lowest BCUT2D eigenvalue weighted by atomic mass is 10.2. The lowest BCUT2D eigenvalue weighted by molar-refractivity contribution is 0.0757. The van der Waals surface area contributed by atoms with Gasteiger partial charge in [-0.3, -0.25) is 9.69 Å². The first-order valence-corrected chi connectivity index (χ1v) is 9.58. The van der Waals surface area contributed by atoms with Crippen LogP contribution in [0.15, 0.2) is 28.8 Å². The second kappa shape index (κ2) is 8.64. The van der Waals surface area contributed by atoms with Gasteiger partial charge in [0.05, 0.1) is 16.6 Å². The highest BCUT2D eigenvalue weighted by Gasteiger charge is 2.26. The largest absolute Gasteiger partial charge is 0.338 e. The molecule has 0 radical (unpaired) electrons. The van der Waals surface area contributed by atoms with E-state index in [1.54, 1.807) is 12.1 Å². The van der Waals surface area contributed by atoms with Crippen LogP contribution < -0.4 is 0 Å². The van der Waals surface area contributed by atoms with Gasteiger partial charge in [0.1, 0.15) is 0 Å². The van der Waals surface area contributed by atoms with E-state index in [-0.39, 0.29) is 11.9 Å². The van der Waals surface area contributed by atoms with Crippen LogP contribution in [0.4, 0.5) is 0 Å². The van der Waals surface area contributed by atoms with Gasteiger partial charge in [0.25, 0.3) is 5.91 Å². The highest BCUT2D eigenvalue weighted by molar-refractivity contribution is 6.33. The van der Waals surface area contributed by atoms with Crippen molar-refractivity contribution in [2.24, 2.45) is 0 Å². The number of nitrogens with zero attached hydrogens (tertiary/aromatic N) is 4. The summed E-state index contributed by atoms with van der Waals surface area (Å²) in [5, 5.41) is 4.55. The number of aryl methyl sites for hydroxylation is 1. The zero-order valence-electron chi connectivity index (χ0n) is 15.3. The molecule has 1 aromatic heterocycles. The summed E-state index contributed by atoms with van der Waals surface area (Å²) in [4.78, 5) is 21.5. The number of amides is 1. The third kappa shape index (κ3) is 4.24. The molecule has 2 aromatic rings. The Morgan fingerprint density at radius 1 is 1.27 bits per heavy atom. The summed E-state index contributed by atoms with van der Waals surface area (Å²) in [5.74, 6) is 1.41. The molecule has 1 aliphatic heterocycles. The van der Waals surface area contributed by atoms with Crippen LogP contribution in [0, 0.1) is 0 Å². The van der Waals surface area contributed by atoms with Crippen LogP contribution >= 0.6 is 11.6 Å². The summed E-state index contributed by atoms with van der Waals surface area (Å²) in [5.41, 5.74) is 0.566. The molecule has 7 heteroatoms. The van der Waals surface area contributed by atoms with E-state index in [9.17, 15) is 4.79 Å². The first-order valence-electron chi connectivity index (χ1n) is 9.20. The van der Waals surface area contributed by atoms with Crippen molar-refractivity contribution in [3.8, 4) is 0 Å². The van der Waals surface area contributed by atoms with E-state index in [4.69, 9.17) is 16.1 Å². The Balaban J connectivity index is 1.64. The molecule has 1 aliphatic rings. The number of rotatable bonds is 5. The molecule has 0 spiro atoms. The molecule has 1 fully saturated rings. The maximum Gasteiger partial charge on any atom is 0.255 e. The Morgan fingerprint density at radius 2 is 2.08 bits per heavy atom. The third-order valence-electron chi connectivity index (χ3n) is 4.78. The quantitative estimate of drug-likeness (QED) is 0.798. The van der Waals surface area contributed by atoms with E-state index in [2.05, 4.69) is 28.9 Å². The van der Waals surface area contributed by atoms with Crippen molar-refractivity contribution in [1.82, 2.24) is 19.9 Å². The maximum absolute atomic E-state index is 12.8. The van der Waals surface area contributed by atoms with Crippen LogP contribution in [-0.2, 0) is 6.42 Å². The fourth-order valence-corrected chi connectivity index (χ4v) is 3.47. The molecule has 2 heterocycles. The standard InChI is InChI=1S/C19H25ClN4O2/c1-3-7-17-21-18(26-22-17)14(2)23-10-6-11-24(13-12-23)19(25)15-8-4-5-9-16(15)20/h4-5,8-9,14H,3,6-7,10-13H2,1-2H3/t14-/m1/s1. The number of halogens is 1. The van der Waals surface area contributed by atoms with Gasteiger partial charge in [0, 0.05) is 32.6 Å². The first kappa shape index (κ1) is 18.9. The molecule has 26 heavy (non-hydrogen) atoms. The fourth-order valence-electron chi connectivity index (χ4n) is 3.25. The normalized spacial score (nSPS) is 17.1. The number of hydrogen-bond donors (Lipinski definition) is 0. The fraction of sp³-hybridized carbons (Fsp3) is 0.526. The van der Waals surface area contributed by atoms with Crippen LogP contribution in [0.2, 0.25) is 5.02 Å². The van der Waals surface area contributed by atoms with Crippen molar-refractivity contribution in [1.29, 1.82) is 0 Å². The second-order valence-electron chi connectivity index (χ2n) is 6.64. The lowest BCUT2D eigenvalue weighted by Crippen LogP contribution is -2.36. The van der Waals surface area contributed by atoms with Crippen molar-refractivity contribution >= 4 is 17.5 Å². The lowest BCUT2D eigenvalue weighted by Gasteiger charge is -2.25. The number of hydrogen-bond acceptors (Lipinski definition) is 5. The Hall–Kier alpha value is -1.92. The molecule has 1 aromatic carbocycles. The number of carbonyl (C=O) groups excluding carboxylic acids is 1. The molecule has 0 bridgehead atoms. The monoisotopic (exact) mass is 376 g/mol. The molecule has 0 saturated carbocycles. The number of benzene rings is 1. The van der Waals surface area contributed by atoms with Gasteiger partial charge in [0.15, 0.2) is 5.82 Å². The minimum Gasteiger partial charge on any atom is -0.338 e. The van der Waals surface area contributed by atoms with E-state index >= 15 is 0 Å². The SMILES string of the molecule is CCCc1noc([C@@H](C)N2CCCN(C(=O)c3ccccc3Cl)CC2)n1. The van der Waals surface area contributed by atoms with Crippen LogP contribution in [0.5, 0.6) is 0 Å². The van der Waals surface area contributed by atoms with Crippen LogP contribution in [0.1, 0.15) is 54.8 Å². The van der Waals surface area contributed by atoms with E-state index in [0.717, 1.165) is 44.7 Å². The predicted octanol–water partition coefficient (Wildman–Crippen LogP) is 3.58. The molecule has 140 valence electrons. The zero-order chi connectivity index (χ0) is 18.5. The van der Waals surface area contributed by atoms with E-state index in [0.29, 0.717) is 23.0 Å². The molecule has 3 rings (SSSR count). The maximum atomic E-state index is 12.8. The minimum atomic E-state index is -0.00637. The highest BCUT2D eigenvalue weighted by Crippen LogP contribution is 2.22. The molecule has 0 unspecified atom stereocenters. The summed E-state index contributed by atoms with van der Waals surface area (Å²) in [7, 11) is 0. The Bertz CT molecular complexity index is 749. The first-order chi connectivity index (χ1) is 12.6. The smallest absolute Gasteiger partial charge is 0.255 e. The molecular formula is C19H25ClN4O2. The molecule has 1 amide bonds. The van der Waals surface area contributed by atoms with Crippen LogP contribution in [0.25, 0.3) is 0 Å². The van der Waals surface area contributed by atoms with Crippen molar-refractivity contribution in [2.75, 3.05) is 26.2 Å².